The second-order valence-corrected chi connectivity index (χ2v) is 11.9. The zero-order valence-corrected chi connectivity index (χ0v) is 14.4. The Bertz CT molecular complexity index is 424. The second-order valence-electron chi connectivity index (χ2n) is 7.18. The largest absolute Gasteiger partial charge is 0.457 e. The highest BCUT2D eigenvalue weighted by atomic mass is 28.4. The van der Waals surface area contributed by atoms with E-state index in [9.17, 15) is 4.79 Å². The smallest absolute Gasteiger partial charge is 0.341 e. The van der Waals surface area contributed by atoms with Gasteiger partial charge in [-0.15, -0.1) is 0 Å². The molecule has 0 N–H and O–H groups in total. The summed E-state index contributed by atoms with van der Waals surface area (Å²) >= 11 is 0. The first-order chi connectivity index (χ1) is 9.11. The van der Waals surface area contributed by atoms with Crippen molar-refractivity contribution in [1.29, 1.82) is 0 Å². The highest BCUT2D eigenvalue weighted by molar-refractivity contribution is 6.74. The first kappa shape index (κ1) is 15.7. The Morgan fingerprint density at radius 2 is 2.10 bits per heavy atom. The number of esters is 1. The first-order valence-electron chi connectivity index (χ1n) is 7.33. The third-order valence-electron chi connectivity index (χ3n) is 4.63. The maximum Gasteiger partial charge on any atom is 0.341 e. The summed E-state index contributed by atoms with van der Waals surface area (Å²) in [4.78, 5) is 12.3. The molecule has 1 fully saturated rings. The lowest BCUT2D eigenvalue weighted by Crippen LogP contribution is -2.52. The Hall–Kier alpha value is -0.653. The van der Waals surface area contributed by atoms with Gasteiger partial charge < -0.3 is 13.9 Å². The van der Waals surface area contributed by atoms with Crippen LogP contribution in [0.25, 0.3) is 0 Å². The Labute approximate surface area is 122 Å². The molecule has 20 heavy (non-hydrogen) atoms. The lowest BCUT2D eigenvalue weighted by atomic mass is 9.91. The zero-order valence-electron chi connectivity index (χ0n) is 13.4. The van der Waals surface area contributed by atoms with Gasteiger partial charge in [0.25, 0.3) is 0 Å². The minimum Gasteiger partial charge on any atom is -0.457 e. The number of carbonyl (C=O) groups excluding carboxylic acids is 1. The molecule has 2 rings (SSSR count). The van der Waals surface area contributed by atoms with E-state index in [1.807, 2.05) is 19.1 Å². The molecule has 2 bridgehead atoms. The lowest BCUT2D eigenvalue weighted by Gasteiger charge is -2.42. The van der Waals surface area contributed by atoms with Crippen LogP contribution in [0.5, 0.6) is 0 Å². The molecule has 114 valence electrons. The van der Waals surface area contributed by atoms with Crippen molar-refractivity contribution in [2.45, 2.75) is 70.1 Å². The van der Waals surface area contributed by atoms with Crippen LogP contribution in [0.4, 0.5) is 0 Å². The third-order valence-corrected chi connectivity index (χ3v) is 9.12. The van der Waals surface area contributed by atoms with Gasteiger partial charge in [-0.3, -0.25) is 0 Å². The predicted molar refractivity (Wildman–Crippen MR) is 80.1 cm³/mol. The van der Waals surface area contributed by atoms with Crippen molar-refractivity contribution >= 4 is 14.3 Å². The molecule has 1 aliphatic heterocycles. The topological polar surface area (TPSA) is 44.8 Å². The van der Waals surface area contributed by atoms with Gasteiger partial charge in [0, 0.05) is 13.0 Å². The molecule has 1 aliphatic carbocycles. The van der Waals surface area contributed by atoms with Crippen LogP contribution in [0.2, 0.25) is 18.1 Å². The number of hydrogen-bond donors (Lipinski definition) is 0. The molecule has 0 aromatic heterocycles. The fraction of sp³-hybridized carbons (Fsp3) is 0.800. The van der Waals surface area contributed by atoms with Crippen LogP contribution in [0, 0.1) is 0 Å². The molecule has 5 heteroatoms. The normalized spacial score (nSPS) is 33.4. The zero-order chi connectivity index (χ0) is 15.2. The van der Waals surface area contributed by atoms with Crippen LogP contribution in [-0.2, 0) is 18.7 Å². The third kappa shape index (κ3) is 2.58. The quantitative estimate of drug-likeness (QED) is 0.454. The number of hydrogen-bond acceptors (Lipinski definition) is 4. The van der Waals surface area contributed by atoms with Gasteiger partial charge in [-0.05, 0) is 31.1 Å². The van der Waals surface area contributed by atoms with Crippen molar-refractivity contribution in [3.63, 3.8) is 0 Å². The molecule has 1 saturated heterocycles. The van der Waals surface area contributed by atoms with E-state index in [0.717, 1.165) is 0 Å². The highest BCUT2D eigenvalue weighted by Gasteiger charge is 2.57. The van der Waals surface area contributed by atoms with Crippen LogP contribution in [0.15, 0.2) is 12.2 Å². The van der Waals surface area contributed by atoms with E-state index in [1.165, 1.54) is 0 Å². The predicted octanol–water partition coefficient (Wildman–Crippen LogP) is 3.04. The molecule has 0 amide bonds. The van der Waals surface area contributed by atoms with E-state index in [2.05, 4.69) is 33.9 Å². The number of rotatable bonds is 4. The number of ether oxygens (including phenoxy) is 2. The summed E-state index contributed by atoms with van der Waals surface area (Å²) in [5.74, 6) is -0.259. The van der Waals surface area contributed by atoms with E-state index in [-0.39, 0.29) is 23.2 Å². The van der Waals surface area contributed by atoms with E-state index in [0.29, 0.717) is 13.0 Å². The molecule has 1 heterocycles. The molecular formula is C15H26O4Si. The molecule has 0 radical (unpaired) electrons. The van der Waals surface area contributed by atoms with Crippen molar-refractivity contribution in [2.24, 2.45) is 0 Å². The minimum absolute atomic E-state index is 0.0602. The summed E-state index contributed by atoms with van der Waals surface area (Å²) in [7, 11) is -2.03. The average molecular weight is 298 g/mol. The Morgan fingerprint density at radius 1 is 1.45 bits per heavy atom. The standard InChI is InChI=1S/C15H26O4Si/c1-7-17-11-8-9-15(10-12(11)18-13(15)16)19-20(5,6)14(2,3)4/h8-9,11-12H,7,10H2,1-6H3/t11-,12-,15+/m1/s1. The van der Waals surface area contributed by atoms with E-state index >= 15 is 0 Å². The second kappa shape index (κ2) is 4.96. The van der Waals surface area contributed by atoms with Gasteiger partial charge in [-0.2, -0.15) is 0 Å². The summed E-state index contributed by atoms with van der Waals surface area (Å²) in [6.45, 7) is 13.4. The monoisotopic (exact) mass is 298 g/mol. The maximum absolute atomic E-state index is 12.3. The SMILES string of the molecule is CCO[C@@H]1C=C[C@]2(O[Si](C)(C)C(C)(C)C)C[C@H]1OC2=O. The van der Waals surface area contributed by atoms with Crippen LogP contribution in [-0.4, -0.2) is 38.7 Å². The molecule has 0 aromatic carbocycles. The minimum atomic E-state index is -2.03. The maximum atomic E-state index is 12.3. The molecule has 4 nitrogen and oxygen atoms in total. The molecule has 2 aliphatic rings. The fourth-order valence-electron chi connectivity index (χ4n) is 2.44. The van der Waals surface area contributed by atoms with Crippen LogP contribution in [0.1, 0.15) is 34.1 Å². The van der Waals surface area contributed by atoms with E-state index < -0.39 is 13.9 Å². The summed E-state index contributed by atoms with van der Waals surface area (Å²) in [5, 5.41) is 0.0602. The van der Waals surface area contributed by atoms with Gasteiger partial charge >= 0.3 is 5.97 Å². The molecular weight excluding hydrogens is 272 g/mol. The van der Waals surface area contributed by atoms with Crippen molar-refractivity contribution in [3.8, 4) is 0 Å². The molecule has 0 saturated carbocycles. The molecule has 3 atom stereocenters. The summed E-state index contributed by atoms with van der Waals surface area (Å²) in [6, 6.07) is 0. The Kier molecular flexibility index (Phi) is 3.90. The van der Waals surface area contributed by atoms with Gasteiger partial charge in [0.15, 0.2) is 13.9 Å². The van der Waals surface area contributed by atoms with Gasteiger partial charge in [-0.25, -0.2) is 4.79 Å². The Balaban J connectivity index is 2.23. The molecule has 0 spiro atoms. The lowest BCUT2D eigenvalue weighted by molar-refractivity contribution is -0.152. The van der Waals surface area contributed by atoms with Crippen molar-refractivity contribution < 1.29 is 18.7 Å². The van der Waals surface area contributed by atoms with Crippen LogP contribution in [0.3, 0.4) is 0 Å². The highest BCUT2D eigenvalue weighted by Crippen LogP contribution is 2.45. The summed E-state index contributed by atoms with van der Waals surface area (Å²) in [6.07, 6.45) is 4.01. The van der Waals surface area contributed by atoms with Gasteiger partial charge in [0.2, 0.25) is 0 Å². The fourth-order valence-corrected chi connectivity index (χ4v) is 3.89. The van der Waals surface area contributed by atoms with Crippen molar-refractivity contribution in [1.82, 2.24) is 0 Å². The van der Waals surface area contributed by atoms with Gasteiger partial charge in [0.05, 0.1) is 0 Å². The van der Waals surface area contributed by atoms with Gasteiger partial charge in [-0.1, -0.05) is 26.8 Å². The molecule has 0 aromatic rings. The Morgan fingerprint density at radius 3 is 2.65 bits per heavy atom. The first-order valence-corrected chi connectivity index (χ1v) is 10.2. The molecule has 0 unspecified atom stereocenters. The number of fused-ring (bicyclic) bond motifs is 2. The van der Waals surface area contributed by atoms with Crippen LogP contribution >= 0.6 is 0 Å². The number of carbonyl (C=O) groups is 1. The van der Waals surface area contributed by atoms with E-state index in [1.54, 1.807) is 0 Å². The van der Waals surface area contributed by atoms with Crippen LogP contribution < -0.4 is 0 Å². The van der Waals surface area contributed by atoms with Crippen molar-refractivity contribution in [2.75, 3.05) is 6.61 Å². The van der Waals surface area contributed by atoms with Crippen molar-refractivity contribution in [3.05, 3.63) is 12.2 Å². The van der Waals surface area contributed by atoms with E-state index in [4.69, 9.17) is 13.9 Å². The van der Waals surface area contributed by atoms with Gasteiger partial charge in [0.1, 0.15) is 12.2 Å². The average Bonchev–Trinajstić information content (AvgIpc) is 2.54. The summed E-state index contributed by atoms with van der Waals surface area (Å²) in [5.41, 5.74) is -0.888. The summed E-state index contributed by atoms with van der Waals surface area (Å²) < 4.78 is 17.5.